The molecule has 2 rings (SSSR count). The molecular formula is C13H19N2. The van der Waals surface area contributed by atoms with Crippen molar-refractivity contribution in [3.8, 4) is 0 Å². The Bertz CT molecular complexity index is 336. The Morgan fingerprint density at radius 1 is 0.867 bits per heavy atom. The number of benzene rings is 1. The first kappa shape index (κ1) is 10.3. The Labute approximate surface area is 92.5 Å². The molecule has 0 unspecified atom stereocenters. The van der Waals surface area contributed by atoms with Gasteiger partial charge in [0.25, 0.3) is 0 Å². The maximum atomic E-state index is 2.31. The lowest BCUT2D eigenvalue weighted by Crippen LogP contribution is -2.24. The van der Waals surface area contributed by atoms with Gasteiger partial charge in [0.05, 0.1) is 11.4 Å². The lowest BCUT2D eigenvalue weighted by atomic mass is 10.1. The molecule has 0 spiro atoms. The second-order valence-electron chi connectivity index (χ2n) is 4.11. The van der Waals surface area contributed by atoms with Crippen LogP contribution < -0.4 is 9.80 Å². The van der Waals surface area contributed by atoms with Gasteiger partial charge in [-0.25, -0.2) is 0 Å². The topological polar surface area (TPSA) is 6.48 Å². The van der Waals surface area contributed by atoms with Gasteiger partial charge in [0.2, 0.25) is 0 Å². The molecule has 0 aromatic heterocycles. The van der Waals surface area contributed by atoms with Crippen molar-refractivity contribution in [2.24, 2.45) is 0 Å². The van der Waals surface area contributed by atoms with Crippen molar-refractivity contribution in [3.63, 3.8) is 0 Å². The first-order chi connectivity index (χ1) is 7.17. The van der Waals surface area contributed by atoms with E-state index in [-0.39, 0.29) is 0 Å². The van der Waals surface area contributed by atoms with Gasteiger partial charge >= 0.3 is 0 Å². The van der Waals surface area contributed by atoms with Crippen LogP contribution in [-0.2, 0) is 0 Å². The highest BCUT2D eigenvalue weighted by Gasteiger charge is 2.24. The fourth-order valence-electron chi connectivity index (χ4n) is 2.04. The van der Waals surface area contributed by atoms with Crippen LogP contribution in [0.2, 0.25) is 0 Å². The van der Waals surface area contributed by atoms with Crippen LogP contribution in [0.3, 0.4) is 0 Å². The van der Waals surface area contributed by atoms with E-state index in [0.29, 0.717) is 0 Å². The summed E-state index contributed by atoms with van der Waals surface area (Å²) in [5.41, 5.74) is 5.45. The summed E-state index contributed by atoms with van der Waals surface area (Å²) in [4.78, 5) is 4.62. The number of hydrogen-bond acceptors (Lipinski definition) is 2. The summed E-state index contributed by atoms with van der Waals surface area (Å²) in [6.45, 7) is 13.0. The molecule has 15 heavy (non-hydrogen) atoms. The minimum atomic E-state index is 1.03. The average Bonchev–Trinajstić information content (AvgIpc) is 2.56. The fraction of sp³-hybridized carbons (Fsp3) is 0.462. The van der Waals surface area contributed by atoms with Crippen molar-refractivity contribution >= 4 is 11.4 Å². The Morgan fingerprint density at radius 2 is 1.27 bits per heavy atom. The molecule has 0 fully saturated rings. The molecule has 81 valence electrons. The Kier molecular flexibility index (Phi) is 2.59. The first-order valence-electron chi connectivity index (χ1n) is 5.66. The van der Waals surface area contributed by atoms with Gasteiger partial charge in [-0.1, -0.05) is 0 Å². The second kappa shape index (κ2) is 3.76. The fourth-order valence-corrected chi connectivity index (χ4v) is 2.04. The van der Waals surface area contributed by atoms with Crippen LogP contribution in [-0.4, -0.2) is 13.1 Å². The smallest absolute Gasteiger partial charge is 0.142 e. The average molecular weight is 203 g/mol. The summed E-state index contributed by atoms with van der Waals surface area (Å²) in [7, 11) is 0. The van der Waals surface area contributed by atoms with Gasteiger partial charge in [-0.15, -0.1) is 0 Å². The van der Waals surface area contributed by atoms with Crippen molar-refractivity contribution < 1.29 is 0 Å². The van der Waals surface area contributed by atoms with E-state index >= 15 is 0 Å². The van der Waals surface area contributed by atoms with Crippen molar-refractivity contribution in [3.05, 3.63) is 29.9 Å². The summed E-state index contributed by atoms with van der Waals surface area (Å²) in [5.74, 6) is 0. The lowest BCUT2D eigenvalue weighted by molar-refractivity contribution is 0.893. The minimum Gasteiger partial charge on any atom is -0.346 e. The van der Waals surface area contributed by atoms with Crippen LogP contribution >= 0.6 is 0 Å². The number of rotatable bonds is 2. The summed E-state index contributed by atoms with van der Waals surface area (Å²) in [6.07, 6.45) is 0. The Balaban J connectivity index is 2.49. The van der Waals surface area contributed by atoms with Crippen LogP contribution in [0.5, 0.6) is 0 Å². The molecule has 1 radical (unpaired) electrons. The third-order valence-electron chi connectivity index (χ3n) is 3.17. The zero-order chi connectivity index (χ0) is 11.0. The van der Waals surface area contributed by atoms with Gasteiger partial charge in [-0.05, 0) is 51.0 Å². The summed E-state index contributed by atoms with van der Waals surface area (Å²) in [5, 5.41) is 0. The largest absolute Gasteiger partial charge is 0.346 e. The van der Waals surface area contributed by atoms with Crippen LogP contribution in [0.4, 0.5) is 11.4 Å². The van der Waals surface area contributed by atoms with Crippen LogP contribution in [0.1, 0.15) is 25.0 Å². The van der Waals surface area contributed by atoms with Crippen LogP contribution in [0, 0.1) is 20.5 Å². The van der Waals surface area contributed by atoms with E-state index in [9.17, 15) is 0 Å². The first-order valence-corrected chi connectivity index (χ1v) is 5.66. The van der Waals surface area contributed by atoms with E-state index in [1.54, 1.807) is 0 Å². The molecule has 1 aromatic carbocycles. The summed E-state index contributed by atoms with van der Waals surface area (Å²) >= 11 is 0. The lowest BCUT2D eigenvalue weighted by Gasteiger charge is -2.17. The number of aryl methyl sites for hydroxylation is 2. The highest BCUT2D eigenvalue weighted by Crippen LogP contribution is 2.39. The minimum absolute atomic E-state index is 1.03. The van der Waals surface area contributed by atoms with E-state index in [1.165, 1.54) is 22.5 Å². The molecule has 0 N–H and O–H groups in total. The van der Waals surface area contributed by atoms with Crippen molar-refractivity contribution in [1.82, 2.24) is 0 Å². The SMILES string of the molecule is CCN1[CH]N(CC)c2cc(C)c(C)cc21. The second-order valence-corrected chi connectivity index (χ2v) is 4.11. The number of fused-ring (bicyclic) bond motifs is 1. The molecule has 0 saturated carbocycles. The molecule has 1 aliphatic rings. The predicted molar refractivity (Wildman–Crippen MR) is 66.3 cm³/mol. The van der Waals surface area contributed by atoms with Gasteiger partial charge in [-0.3, -0.25) is 0 Å². The van der Waals surface area contributed by atoms with E-state index in [0.717, 1.165) is 13.1 Å². The molecule has 0 amide bonds. The Hall–Kier alpha value is -1.18. The van der Waals surface area contributed by atoms with E-state index in [1.807, 2.05) is 0 Å². The van der Waals surface area contributed by atoms with E-state index in [4.69, 9.17) is 0 Å². The van der Waals surface area contributed by atoms with Crippen LogP contribution in [0.15, 0.2) is 12.1 Å². The Morgan fingerprint density at radius 3 is 1.60 bits per heavy atom. The van der Waals surface area contributed by atoms with Crippen molar-refractivity contribution in [2.75, 3.05) is 22.9 Å². The molecule has 0 aliphatic carbocycles. The van der Waals surface area contributed by atoms with Gasteiger partial charge in [-0.2, -0.15) is 0 Å². The van der Waals surface area contributed by atoms with Gasteiger partial charge in [0.1, 0.15) is 6.67 Å². The normalized spacial score (nSPS) is 14.7. The van der Waals surface area contributed by atoms with Crippen LogP contribution in [0.25, 0.3) is 0 Å². The van der Waals surface area contributed by atoms with Crippen molar-refractivity contribution in [2.45, 2.75) is 27.7 Å². The molecular weight excluding hydrogens is 184 g/mol. The molecule has 2 heteroatoms. The number of hydrogen-bond donors (Lipinski definition) is 0. The maximum absolute atomic E-state index is 2.31. The summed E-state index contributed by atoms with van der Waals surface area (Å²) in [6, 6.07) is 4.58. The monoisotopic (exact) mass is 203 g/mol. The molecule has 0 atom stereocenters. The maximum Gasteiger partial charge on any atom is 0.142 e. The van der Waals surface area contributed by atoms with E-state index in [2.05, 4.69) is 56.3 Å². The zero-order valence-electron chi connectivity index (χ0n) is 10.0. The summed E-state index contributed by atoms with van der Waals surface area (Å²) < 4.78 is 0. The number of anilines is 2. The molecule has 0 saturated heterocycles. The quantitative estimate of drug-likeness (QED) is 0.728. The number of nitrogens with zero attached hydrogens (tertiary/aromatic N) is 2. The third-order valence-corrected chi connectivity index (χ3v) is 3.17. The van der Waals surface area contributed by atoms with E-state index < -0.39 is 0 Å². The van der Waals surface area contributed by atoms with Gasteiger partial charge in [0.15, 0.2) is 0 Å². The zero-order valence-corrected chi connectivity index (χ0v) is 10.0. The highest BCUT2D eigenvalue weighted by atomic mass is 15.4. The third kappa shape index (κ3) is 1.58. The predicted octanol–water partition coefficient (Wildman–Crippen LogP) is 3.09. The highest BCUT2D eigenvalue weighted by molar-refractivity contribution is 5.80. The molecule has 2 nitrogen and oxygen atoms in total. The molecule has 1 heterocycles. The molecule has 0 bridgehead atoms. The molecule has 1 aromatic rings. The van der Waals surface area contributed by atoms with Crippen molar-refractivity contribution in [1.29, 1.82) is 0 Å². The molecule has 1 aliphatic heterocycles. The van der Waals surface area contributed by atoms with Gasteiger partial charge in [0, 0.05) is 13.1 Å². The standard InChI is InChI=1S/C13H19N2/c1-5-14-9-15(6-2)13-8-11(4)10(3)7-12(13)14/h7-9H,5-6H2,1-4H3. The van der Waals surface area contributed by atoms with Gasteiger partial charge < -0.3 is 9.80 Å².